The Morgan fingerprint density at radius 1 is 1.07 bits per heavy atom. The topological polar surface area (TPSA) is 116 Å². The highest BCUT2D eigenvalue weighted by molar-refractivity contribution is 5.66. The number of carboxylic acid groups (broad SMARTS) is 1. The van der Waals surface area contributed by atoms with E-state index in [1.165, 1.54) is 10.4 Å². The molecule has 1 aromatic heterocycles. The number of tetrazole rings is 1. The van der Waals surface area contributed by atoms with Crippen LogP contribution >= 0.6 is 0 Å². The Morgan fingerprint density at radius 3 is 2.58 bits per heavy atom. The molecule has 4 aromatic rings. The number of hydrogen-bond acceptors (Lipinski definition) is 7. The Balaban J connectivity index is 1.47. The van der Waals surface area contributed by atoms with E-state index in [2.05, 4.69) is 81.9 Å². The molecule has 0 radical (unpaired) electrons. The summed E-state index contributed by atoms with van der Waals surface area (Å²) >= 11 is 0. The average Bonchev–Trinajstić information content (AvgIpc) is 3.41. The highest BCUT2D eigenvalue weighted by Crippen LogP contribution is 2.42. The molecule has 2 heterocycles. The van der Waals surface area contributed by atoms with Crippen LogP contribution in [0.25, 0.3) is 11.4 Å². The molecule has 0 amide bonds. The van der Waals surface area contributed by atoms with Crippen molar-refractivity contribution < 1.29 is 15.0 Å². The number of nitrogens with one attached hydrogen (secondary N) is 1. The maximum atomic E-state index is 10.8. The molecule has 1 aliphatic rings. The van der Waals surface area contributed by atoms with Crippen LogP contribution in [0.4, 0.5) is 0 Å². The fourth-order valence-electron chi connectivity index (χ4n) is 5.69. The van der Waals surface area contributed by atoms with Crippen LogP contribution in [0.15, 0.2) is 78.9 Å². The van der Waals surface area contributed by atoms with Gasteiger partial charge in [0.05, 0.1) is 6.54 Å². The van der Waals surface area contributed by atoms with Gasteiger partial charge >= 0.3 is 5.97 Å². The van der Waals surface area contributed by atoms with Crippen molar-refractivity contribution in [2.75, 3.05) is 13.1 Å². The number of aromatic nitrogens is 4. The zero-order chi connectivity index (χ0) is 28.1. The lowest BCUT2D eigenvalue weighted by atomic mass is 9.73. The van der Waals surface area contributed by atoms with E-state index in [-0.39, 0.29) is 23.6 Å². The number of phenols is 1. The first-order valence-electron chi connectivity index (χ1n) is 13.7. The Hall–Kier alpha value is -4.08. The van der Waals surface area contributed by atoms with Gasteiger partial charge < -0.3 is 15.5 Å². The fourth-order valence-corrected chi connectivity index (χ4v) is 5.69. The zero-order valence-electron chi connectivity index (χ0n) is 22.9. The number of aromatic hydroxyl groups is 1. The van der Waals surface area contributed by atoms with Crippen LogP contribution in [-0.2, 0) is 17.9 Å². The van der Waals surface area contributed by atoms with Crippen molar-refractivity contribution in [3.05, 3.63) is 95.6 Å². The van der Waals surface area contributed by atoms with Crippen LogP contribution in [-0.4, -0.2) is 66.0 Å². The van der Waals surface area contributed by atoms with Crippen molar-refractivity contribution in [1.82, 2.24) is 30.4 Å². The van der Waals surface area contributed by atoms with Crippen molar-refractivity contribution >= 4 is 5.97 Å². The second-order valence-electron chi connectivity index (χ2n) is 10.9. The molecule has 0 bridgehead atoms. The third-order valence-corrected chi connectivity index (χ3v) is 7.77. The van der Waals surface area contributed by atoms with E-state index < -0.39 is 5.97 Å². The molecule has 0 aliphatic carbocycles. The van der Waals surface area contributed by atoms with Gasteiger partial charge in [0.15, 0.2) is 0 Å². The Kier molecular flexibility index (Phi) is 8.23. The number of carbonyl (C=O) groups is 1. The number of piperazine rings is 1. The molecule has 9 nitrogen and oxygen atoms in total. The van der Waals surface area contributed by atoms with Crippen LogP contribution < -0.4 is 5.32 Å². The van der Waals surface area contributed by atoms with Gasteiger partial charge in [-0.2, -0.15) is 4.80 Å². The minimum absolute atomic E-state index is 0.0305. The minimum atomic E-state index is -0.837. The van der Waals surface area contributed by atoms with Gasteiger partial charge in [-0.05, 0) is 54.3 Å². The van der Waals surface area contributed by atoms with Crippen molar-refractivity contribution in [2.45, 2.75) is 57.3 Å². The first kappa shape index (κ1) is 27.5. The molecular formula is C31H36N6O3. The smallest absolute Gasteiger partial charge is 0.303 e. The van der Waals surface area contributed by atoms with Crippen LogP contribution in [0.1, 0.15) is 49.3 Å². The molecule has 3 N–H and O–H groups in total. The van der Waals surface area contributed by atoms with E-state index in [1.54, 1.807) is 6.07 Å². The van der Waals surface area contributed by atoms with Gasteiger partial charge in [0, 0.05) is 49.1 Å². The van der Waals surface area contributed by atoms with Crippen LogP contribution in [0.5, 0.6) is 5.75 Å². The molecule has 1 fully saturated rings. The second kappa shape index (κ2) is 12.0. The zero-order valence-corrected chi connectivity index (χ0v) is 22.9. The van der Waals surface area contributed by atoms with Crippen molar-refractivity contribution in [3.63, 3.8) is 0 Å². The normalized spacial score (nSPS) is 20.3. The number of aryl methyl sites for hydroxylation is 1. The predicted molar refractivity (Wildman–Crippen MR) is 153 cm³/mol. The van der Waals surface area contributed by atoms with E-state index in [0.717, 1.165) is 36.3 Å². The summed E-state index contributed by atoms with van der Waals surface area (Å²) in [6, 6.07) is 26.7. The second-order valence-corrected chi connectivity index (χ2v) is 10.9. The highest BCUT2D eigenvalue weighted by Gasteiger charge is 2.44. The molecule has 208 valence electrons. The number of nitrogens with zero attached hydrogens (tertiary/aromatic N) is 5. The summed E-state index contributed by atoms with van der Waals surface area (Å²) in [6.07, 6.45) is 0.510. The quantitative estimate of drug-likeness (QED) is 0.273. The largest absolute Gasteiger partial charge is 0.508 e. The maximum absolute atomic E-state index is 10.8. The summed E-state index contributed by atoms with van der Waals surface area (Å²) in [5.74, 6) is -0.119. The molecule has 0 saturated carbocycles. The lowest BCUT2D eigenvalue weighted by Crippen LogP contribution is -2.64. The SMILES string of the molecule is CC1CN(Cc2ccccc2)C(C)([C@H](c2ccc(-c3nnn(CCCC(=O)O)n3)cc2)c2cccc(O)c2)CN1. The van der Waals surface area contributed by atoms with Crippen LogP contribution in [0, 0.1) is 0 Å². The van der Waals surface area contributed by atoms with Gasteiger partial charge in [0.2, 0.25) is 5.82 Å². The molecule has 3 atom stereocenters. The van der Waals surface area contributed by atoms with E-state index in [0.29, 0.717) is 24.8 Å². The first-order chi connectivity index (χ1) is 19.3. The molecular weight excluding hydrogens is 504 g/mol. The highest BCUT2D eigenvalue weighted by atomic mass is 16.4. The van der Waals surface area contributed by atoms with E-state index in [4.69, 9.17) is 5.11 Å². The fraction of sp³-hybridized carbons (Fsp3) is 0.355. The third-order valence-electron chi connectivity index (χ3n) is 7.77. The Labute approximate surface area is 234 Å². The molecule has 40 heavy (non-hydrogen) atoms. The van der Waals surface area contributed by atoms with Gasteiger partial charge in [0.25, 0.3) is 0 Å². The average molecular weight is 541 g/mol. The number of carboxylic acids is 1. The molecule has 2 unspecified atom stereocenters. The monoisotopic (exact) mass is 540 g/mol. The standard InChI is InChI=1S/C31H36N6O3/c1-22-19-36(20-23-8-4-3-5-9-23)31(2,21-32-22)29(26-10-6-11-27(38)18-26)24-13-15-25(16-14-24)30-33-35-37(34-30)17-7-12-28(39)40/h3-6,8-11,13-16,18,22,29,32,38H,7,12,17,19-21H2,1-2H3,(H,39,40)/t22?,29-,31?/m1/s1. The number of aliphatic carboxylic acids is 1. The van der Waals surface area contributed by atoms with E-state index in [9.17, 15) is 9.90 Å². The van der Waals surface area contributed by atoms with Crippen molar-refractivity contribution in [1.29, 1.82) is 0 Å². The molecule has 1 saturated heterocycles. The molecule has 1 aliphatic heterocycles. The molecule has 3 aromatic carbocycles. The number of phenolic OH excluding ortho intramolecular Hbond substituents is 1. The summed E-state index contributed by atoms with van der Waals surface area (Å²) in [6.45, 7) is 7.44. The number of benzene rings is 3. The van der Waals surface area contributed by atoms with Gasteiger partial charge in [-0.1, -0.05) is 66.7 Å². The minimum Gasteiger partial charge on any atom is -0.508 e. The Bertz CT molecular complexity index is 1420. The first-order valence-corrected chi connectivity index (χ1v) is 13.7. The molecule has 5 rings (SSSR count). The van der Waals surface area contributed by atoms with Gasteiger partial charge in [-0.15, -0.1) is 10.2 Å². The molecule has 0 spiro atoms. The number of rotatable bonds is 10. The summed E-state index contributed by atoms with van der Waals surface area (Å²) in [4.78, 5) is 14.8. The number of hydrogen-bond donors (Lipinski definition) is 3. The van der Waals surface area contributed by atoms with Crippen molar-refractivity contribution in [3.8, 4) is 17.1 Å². The Morgan fingerprint density at radius 2 is 1.85 bits per heavy atom. The van der Waals surface area contributed by atoms with Crippen LogP contribution in [0.2, 0.25) is 0 Å². The van der Waals surface area contributed by atoms with E-state index in [1.807, 2.05) is 30.3 Å². The summed E-state index contributed by atoms with van der Waals surface area (Å²) in [5, 5.41) is 35.7. The van der Waals surface area contributed by atoms with Crippen LogP contribution in [0.3, 0.4) is 0 Å². The summed E-state index contributed by atoms with van der Waals surface area (Å²) < 4.78 is 0. The predicted octanol–water partition coefficient (Wildman–Crippen LogP) is 4.30. The van der Waals surface area contributed by atoms with E-state index >= 15 is 0 Å². The molecule has 9 heteroatoms. The summed E-state index contributed by atoms with van der Waals surface area (Å²) in [5.41, 5.74) is 3.99. The van der Waals surface area contributed by atoms with Crippen molar-refractivity contribution in [2.24, 2.45) is 0 Å². The van der Waals surface area contributed by atoms with Gasteiger partial charge in [0.1, 0.15) is 5.75 Å². The maximum Gasteiger partial charge on any atom is 0.303 e. The van der Waals surface area contributed by atoms with Gasteiger partial charge in [-0.3, -0.25) is 9.69 Å². The third kappa shape index (κ3) is 6.21. The lowest BCUT2D eigenvalue weighted by Gasteiger charge is -2.52. The lowest BCUT2D eigenvalue weighted by molar-refractivity contribution is -0.137. The van der Waals surface area contributed by atoms with Gasteiger partial charge in [-0.25, -0.2) is 0 Å². The summed E-state index contributed by atoms with van der Waals surface area (Å²) in [7, 11) is 0.